The minimum absolute atomic E-state index is 0.0568. The highest BCUT2D eigenvalue weighted by Gasteiger charge is 2.25. The maximum Gasteiger partial charge on any atom is 0.255 e. The summed E-state index contributed by atoms with van der Waals surface area (Å²) in [5.74, 6) is 0.0568. The van der Waals surface area contributed by atoms with Crippen LogP contribution in [0.2, 0.25) is 5.02 Å². The largest absolute Gasteiger partial charge is 0.334 e. The van der Waals surface area contributed by atoms with E-state index in [1.165, 1.54) is 4.90 Å². The van der Waals surface area contributed by atoms with Gasteiger partial charge in [-0.15, -0.1) is 0 Å². The molecule has 1 aliphatic rings. The van der Waals surface area contributed by atoms with E-state index in [0.29, 0.717) is 10.6 Å². The van der Waals surface area contributed by atoms with Crippen LogP contribution in [0.4, 0.5) is 0 Å². The molecule has 1 aromatic heterocycles. The van der Waals surface area contributed by atoms with Crippen LogP contribution in [0.25, 0.3) is 22.2 Å². The van der Waals surface area contributed by atoms with Gasteiger partial charge < -0.3 is 9.80 Å². The van der Waals surface area contributed by atoms with E-state index in [9.17, 15) is 4.79 Å². The quantitative estimate of drug-likeness (QED) is 0.657. The van der Waals surface area contributed by atoms with Gasteiger partial charge in [0.2, 0.25) is 0 Å². The standard InChI is InChI=1S/C21H19BrClN3O/c1-25-8-10-26(11-9-25)21(27)17-13-20(15-4-2-3-5-18(15)23)24-19-7-6-14(22)12-16(17)19/h2-7,12-13H,8-11H2,1H3/p+1. The molecule has 0 saturated carbocycles. The van der Waals surface area contributed by atoms with Crippen molar-refractivity contribution in [3.63, 3.8) is 0 Å². The van der Waals surface area contributed by atoms with Crippen molar-refractivity contribution in [1.29, 1.82) is 0 Å². The molecule has 0 unspecified atom stereocenters. The number of rotatable bonds is 2. The van der Waals surface area contributed by atoms with Crippen LogP contribution in [-0.2, 0) is 0 Å². The van der Waals surface area contributed by atoms with Crippen molar-refractivity contribution in [2.45, 2.75) is 0 Å². The summed E-state index contributed by atoms with van der Waals surface area (Å²) in [5, 5.41) is 1.49. The number of amides is 1. The first-order valence-corrected chi connectivity index (χ1v) is 10.2. The average molecular weight is 446 g/mol. The topological polar surface area (TPSA) is 37.6 Å². The Bertz CT molecular complexity index is 1020. The Morgan fingerprint density at radius 2 is 1.89 bits per heavy atom. The van der Waals surface area contributed by atoms with Crippen LogP contribution >= 0.6 is 27.5 Å². The first-order chi connectivity index (χ1) is 13.0. The Hall–Kier alpha value is -1.95. The number of halogens is 2. The van der Waals surface area contributed by atoms with Gasteiger partial charge in [0, 0.05) is 20.4 Å². The van der Waals surface area contributed by atoms with E-state index in [1.54, 1.807) is 0 Å². The van der Waals surface area contributed by atoms with E-state index in [-0.39, 0.29) is 5.91 Å². The maximum absolute atomic E-state index is 13.3. The zero-order chi connectivity index (χ0) is 19.0. The molecule has 0 radical (unpaired) electrons. The van der Waals surface area contributed by atoms with Crippen LogP contribution in [0, 0.1) is 0 Å². The molecule has 0 spiro atoms. The van der Waals surface area contributed by atoms with E-state index in [0.717, 1.165) is 52.8 Å². The molecular weight excluding hydrogens is 426 g/mol. The monoisotopic (exact) mass is 444 g/mol. The number of pyridine rings is 1. The molecule has 0 bridgehead atoms. The Balaban J connectivity index is 1.85. The smallest absolute Gasteiger partial charge is 0.255 e. The predicted octanol–water partition coefficient (Wildman–Crippen LogP) is 3.29. The first-order valence-electron chi connectivity index (χ1n) is 8.99. The van der Waals surface area contributed by atoms with Gasteiger partial charge in [-0.1, -0.05) is 45.7 Å². The summed E-state index contributed by atoms with van der Waals surface area (Å²) in [6.45, 7) is 3.47. The molecule has 1 amide bonds. The Labute approximate surface area is 171 Å². The summed E-state index contributed by atoms with van der Waals surface area (Å²) in [7, 11) is 2.16. The number of quaternary nitrogens is 1. The number of piperazine rings is 1. The second kappa shape index (κ2) is 7.58. The molecule has 1 aliphatic heterocycles. The third-order valence-electron chi connectivity index (χ3n) is 5.06. The van der Waals surface area contributed by atoms with Gasteiger partial charge in [0.05, 0.1) is 50.0 Å². The summed E-state index contributed by atoms with van der Waals surface area (Å²) >= 11 is 9.90. The number of carbonyl (C=O) groups is 1. The molecule has 138 valence electrons. The molecule has 2 aromatic carbocycles. The molecule has 0 atom stereocenters. The molecule has 4 nitrogen and oxygen atoms in total. The number of likely N-dealkylation sites (N-methyl/N-ethyl adjacent to an activating group) is 1. The van der Waals surface area contributed by atoms with Gasteiger partial charge in [0.1, 0.15) is 0 Å². The predicted molar refractivity (Wildman–Crippen MR) is 112 cm³/mol. The van der Waals surface area contributed by atoms with Crippen LogP contribution in [0.5, 0.6) is 0 Å². The van der Waals surface area contributed by atoms with Crippen molar-refractivity contribution in [1.82, 2.24) is 9.88 Å². The lowest BCUT2D eigenvalue weighted by molar-refractivity contribution is -0.883. The van der Waals surface area contributed by atoms with E-state index < -0.39 is 0 Å². The number of hydrogen-bond donors (Lipinski definition) is 1. The number of hydrogen-bond acceptors (Lipinski definition) is 2. The second-order valence-corrected chi connectivity index (χ2v) is 8.27. The molecular formula is C21H20BrClN3O+. The maximum atomic E-state index is 13.3. The summed E-state index contributed by atoms with van der Waals surface area (Å²) < 4.78 is 0.930. The lowest BCUT2D eigenvalue weighted by Gasteiger charge is -2.30. The fourth-order valence-corrected chi connectivity index (χ4v) is 4.04. The zero-order valence-corrected chi connectivity index (χ0v) is 17.3. The molecule has 0 aliphatic carbocycles. The average Bonchev–Trinajstić information content (AvgIpc) is 2.68. The highest BCUT2D eigenvalue weighted by molar-refractivity contribution is 9.10. The molecule has 3 aromatic rings. The number of nitrogens with zero attached hydrogens (tertiary/aromatic N) is 2. The van der Waals surface area contributed by atoms with Crippen molar-refractivity contribution in [3.8, 4) is 11.3 Å². The normalized spacial score (nSPS) is 15.3. The summed E-state index contributed by atoms with van der Waals surface area (Å²) in [6, 6.07) is 15.3. The summed E-state index contributed by atoms with van der Waals surface area (Å²) in [5.41, 5.74) is 3.02. The van der Waals surface area contributed by atoms with Crippen molar-refractivity contribution in [2.75, 3.05) is 33.2 Å². The zero-order valence-electron chi connectivity index (χ0n) is 15.0. The van der Waals surface area contributed by atoms with Gasteiger partial charge in [-0.05, 0) is 30.3 Å². The molecule has 1 saturated heterocycles. The molecule has 4 rings (SSSR count). The fraction of sp³-hybridized carbons (Fsp3) is 0.238. The number of nitrogens with one attached hydrogen (secondary N) is 1. The molecule has 2 heterocycles. The Morgan fingerprint density at radius 3 is 2.63 bits per heavy atom. The molecule has 6 heteroatoms. The van der Waals surface area contributed by atoms with E-state index in [4.69, 9.17) is 16.6 Å². The minimum atomic E-state index is 0.0568. The molecule has 1 fully saturated rings. The second-order valence-electron chi connectivity index (χ2n) is 6.95. The minimum Gasteiger partial charge on any atom is -0.334 e. The number of carbonyl (C=O) groups excluding carboxylic acids is 1. The number of aromatic nitrogens is 1. The first kappa shape index (κ1) is 18.4. The summed E-state index contributed by atoms with van der Waals surface area (Å²) in [4.78, 5) is 21.5. The fourth-order valence-electron chi connectivity index (χ4n) is 3.44. The summed E-state index contributed by atoms with van der Waals surface area (Å²) in [6.07, 6.45) is 0. The Kier molecular flexibility index (Phi) is 5.17. The van der Waals surface area contributed by atoms with Crippen LogP contribution in [0.15, 0.2) is 53.0 Å². The van der Waals surface area contributed by atoms with Crippen molar-refractivity contribution < 1.29 is 9.69 Å². The van der Waals surface area contributed by atoms with Gasteiger partial charge in [-0.2, -0.15) is 0 Å². The lowest BCUT2D eigenvalue weighted by atomic mass is 10.0. The lowest BCUT2D eigenvalue weighted by Crippen LogP contribution is -3.12. The van der Waals surface area contributed by atoms with Crippen LogP contribution in [0.3, 0.4) is 0 Å². The van der Waals surface area contributed by atoms with Gasteiger partial charge in [-0.3, -0.25) is 4.79 Å². The van der Waals surface area contributed by atoms with Crippen LogP contribution in [-0.4, -0.2) is 49.0 Å². The van der Waals surface area contributed by atoms with Gasteiger partial charge in [0.15, 0.2) is 0 Å². The van der Waals surface area contributed by atoms with E-state index in [2.05, 4.69) is 23.0 Å². The Morgan fingerprint density at radius 1 is 1.15 bits per heavy atom. The van der Waals surface area contributed by atoms with Gasteiger partial charge >= 0.3 is 0 Å². The SMILES string of the molecule is C[NH+]1CCN(C(=O)c2cc(-c3ccccc3Cl)nc3ccc(Br)cc23)CC1. The van der Waals surface area contributed by atoms with Gasteiger partial charge in [0.25, 0.3) is 5.91 Å². The van der Waals surface area contributed by atoms with Crippen LogP contribution in [0.1, 0.15) is 10.4 Å². The highest BCUT2D eigenvalue weighted by atomic mass is 79.9. The van der Waals surface area contributed by atoms with E-state index in [1.807, 2.05) is 53.4 Å². The van der Waals surface area contributed by atoms with Crippen molar-refractivity contribution >= 4 is 44.3 Å². The van der Waals surface area contributed by atoms with Gasteiger partial charge in [-0.25, -0.2) is 4.98 Å². The van der Waals surface area contributed by atoms with E-state index >= 15 is 0 Å². The third kappa shape index (κ3) is 3.72. The number of benzene rings is 2. The van der Waals surface area contributed by atoms with Crippen molar-refractivity contribution in [3.05, 3.63) is 63.6 Å². The molecule has 27 heavy (non-hydrogen) atoms. The third-order valence-corrected chi connectivity index (χ3v) is 5.88. The van der Waals surface area contributed by atoms with Crippen molar-refractivity contribution in [2.24, 2.45) is 0 Å². The number of fused-ring (bicyclic) bond motifs is 1. The van der Waals surface area contributed by atoms with Crippen LogP contribution < -0.4 is 4.90 Å². The molecule has 1 N–H and O–H groups in total. The highest BCUT2D eigenvalue weighted by Crippen LogP contribution is 2.31.